The third-order valence-corrected chi connectivity index (χ3v) is 4.82. The fourth-order valence-electron chi connectivity index (χ4n) is 2.18. The van der Waals surface area contributed by atoms with Gasteiger partial charge in [0.15, 0.2) is 0 Å². The molecule has 24 heavy (non-hydrogen) atoms. The van der Waals surface area contributed by atoms with Crippen molar-refractivity contribution in [2.24, 2.45) is 0 Å². The van der Waals surface area contributed by atoms with Gasteiger partial charge in [-0.2, -0.15) is 4.98 Å². The van der Waals surface area contributed by atoms with E-state index in [9.17, 15) is 8.42 Å². The molecule has 0 unspecified atom stereocenters. The van der Waals surface area contributed by atoms with Crippen LogP contribution < -0.4 is 4.72 Å². The first-order chi connectivity index (χ1) is 11.6. The first-order valence-corrected chi connectivity index (χ1v) is 8.95. The van der Waals surface area contributed by atoms with Crippen molar-refractivity contribution in [3.05, 3.63) is 66.2 Å². The molecular formula is C16H17N5O2S. The maximum atomic E-state index is 12.4. The summed E-state index contributed by atoms with van der Waals surface area (Å²) in [6, 6.07) is 10.5. The fourth-order valence-corrected chi connectivity index (χ4v) is 3.13. The van der Waals surface area contributed by atoms with Crippen LogP contribution in [0.2, 0.25) is 0 Å². The number of aromatic nitrogens is 4. The lowest BCUT2D eigenvalue weighted by molar-refractivity contribution is 0.600. The van der Waals surface area contributed by atoms with Crippen molar-refractivity contribution in [2.75, 3.05) is 4.72 Å². The molecule has 0 spiro atoms. The van der Waals surface area contributed by atoms with Crippen LogP contribution in [-0.4, -0.2) is 28.2 Å². The lowest BCUT2D eigenvalue weighted by Crippen LogP contribution is -2.14. The zero-order valence-electron chi connectivity index (χ0n) is 13.1. The average Bonchev–Trinajstić information content (AvgIpc) is 3.02. The monoisotopic (exact) mass is 343 g/mol. The van der Waals surface area contributed by atoms with E-state index in [4.69, 9.17) is 0 Å². The lowest BCUT2D eigenvalue weighted by Gasteiger charge is -2.05. The molecule has 0 saturated carbocycles. The minimum absolute atomic E-state index is 0.0402. The number of aryl methyl sites for hydroxylation is 1. The fraction of sp³-hybridized carbons (Fsp3) is 0.188. The van der Waals surface area contributed by atoms with Gasteiger partial charge in [-0.25, -0.2) is 17.8 Å². The van der Waals surface area contributed by atoms with Gasteiger partial charge in [0.05, 0.1) is 11.4 Å². The Labute approximate surface area is 140 Å². The Hall–Kier alpha value is -2.74. The van der Waals surface area contributed by atoms with Gasteiger partial charge in [-0.3, -0.25) is 4.98 Å². The summed E-state index contributed by atoms with van der Waals surface area (Å²) >= 11 is 0. The molecule has 0 radical (unpaired) electrons. The van der Waals surface area contributed by atoms with Crippen LogP contribution in [0, 0.1) is 0 Å². The molecule has 7 nitrogen and oxygen atoms in total. The van der Waals surface area contributed by atoms with Gasteiger partial charge in [0.1, 0.15) is 6.33 Å². The minimum atomic E-state index is -3.70. The maximum Gasteiger partial charge on any atom is 0.264 e. The van der Waals surface area contributed by atoms with Crippen LogP contribution in [0.25, 0.3) is 0 Å². The smallest absolute Gasteiger partial charge is 0.264 e. The molecule has 8 heteroatoms. The van der Waals surface area contributed by atoms with Crippen LogP contribution in [0.3, 0.4) is 0 Å². The number of sulfonamides is 1. The maximum absolute atomic E-state index is 12.4. The number of nitrogens with zero attached hydrogens (tertiary/aromatic N) is 4. The predicted octanol–water partition coefficient (Wildman–Crippen LogP) is 2.08. The zero-order chi connectivity index (χ0) is 17.0. The van der Waals surface area contributed by atoms with Crippen molar-refractivity contribution >= 4 is 16.0 Å². The third kappa shape index (κ3) is 3.77. The Morgan fingerprint density at radius 2 is 1.92 bits per heavy atom. The van der Waals surface area contributed by atoms with Gasteiger partial charge in [-0.15, -0.1) is 5.10 Å². The molecule has 0 aliphatic carbocycles. The van der Waals surface area contributed by atoms with Crippen LogP contribution in [0.5, 0.6) is 0 Å². The van der Waals surface area contributed by atoms with E-state index in [1.807, 2.05) is 19.1 Å². The molecule has 2 heterocycles. The summed E-state index contributed by atoms with van der Waals surface area (Å²) in [5.41, 5.74) is 2.03. The van der Waals surface area contributed by atoms with Crippen molar-refractivity contribution < 1.29 is 8.42 Å². The largest absolute Gasteiger partial charge is 0.264 e. The van der Waals surface area contributed by atoms with Gasteiger partial charge < -0.3 is 0 Å². The van der Waals surface area contributed by atoms with Crippen LogP contribution in [0.1, 0.15) is 18.1 Å². The molecule has 124 valence electrons. The Bertz CT molecular complexity index is 905. The van der Waals surface area contributed by atoms with Crippen molar-refractivity contribution in [3.8, 4) is 0 Å². The Morgan fingerprint density at radius 1 is 1.12 bits per heavy atom. The van der Waals surface area contributed by atoms with Crippen molar-refractivity contribution in [1.82, 2.24) is 19.7 Å². The molecule has 0 saturated heterocycles. The van der Waals surface area contributed by atoms with Gasteiger partial charge >= 0.3 is 0 Å². The van der Waals surface area contributed by atoms with Crippen LogP contribution in [-0.2, 0) is 23.0 Å². The van der Waals surface area contributed by atoms with Gasteiger partial charge in [0, 0.05) is 12.4 Å². The molecular weight excluding hydrogens is 326 g/mol. The quantitative estimate of drug-likeness (QED) is 0.740. The zero-order valence-corrected chi connectivity index (χ0v) is 13.9. The van der Waals surface area contributed by atoms with Gasteiger partial charge in [0.25, 0.3) is 16.0 Å². The molecule has 0 amide bonds. The number of anilines is 1. The summed E-state index contributed by atoms with van der Waals surface area (Å²) in [5, 5.41) is 4.14. The van der Waals surface area contributed by atoms with Gasteiger partial charge in [0.2, 0.25) is 0 Å². The van der Waals surface area contributed by atoms with E-state index in [1.165, 1.54) is 6.33 Å². The van der Waals surface area contributed by atoms with Crippen molar-refractivity contribution in [3.63, 3.8) is 0 Å². The molecule has 1 N–H and O–H groups in total. The van der Waals surface area contributed by atoms with E-state index in [0.717, 1.165) is 17.5 Å². The highest BCUT2D eigenvalue weighted by atomic mass is 32.2. The first-order valence-electron chi connectivity index (χ1n) is 7.47. The summed E-state index contributed by atoms with van der Waals surface area (Å²) in [5.74, 6) is 0.0402. The number of pyridine rings is 1. The summed E-state index contributed by atoms with van der Waals surface area (Å²) in [6.45, 7) is 2.48. The highest BCUT2D eigenvalue weighted by molar-refractivity contribution is 7.92. The van der Waals surface area contributed by atoms with Gasteiger partial charge in [-0.1, -0.05) is 25.1 Å². The van der Waals surface area contributed by atoms with E-state index in [1.54, 1.807) is 41.3 Å². The highest BCUT2D eigenvalue weighted by Crippen LogP contribution is 2.14. The Balaban J connectivity index is 1.73. The second-order valence-corrected chi connectivity index (χ2v) is 6.91. The number of hydrogen-bond acceptors (Lipinski definition) is 5. The number of hydrogen-bond donors (Lipinski definition) is 1. The van der Waals surface area contributed by atoms with Crippen LogP contribution >= 0.6 is 0 Å². The average molecular weight is 343 g/mol. The molecule has 3 aromatic rings. The third-order valence-electron chi connectivity index (χ3n) is 3.47. The van der Waals surface area contributed by atoms with E-state index >= 15 is 0 Å². The predicted molar refractivity (Wildman–Crippen MR) is 90.0 cm³/mol. The second-order valence-electron chi connectivity index (χ2n) is 5.23. The lowest BCUT2D eigenvalue weighted by atomic mass is 10.2. The molecule has 3 rings (SSSR count). The van der Waals surface area contributed by atoms with E-state index < -0.39 is 10.0 Å². The highest BCUT2D eigenvalue weighted by Gasteiger charge is 2.16. The van der Waals surface area contributed by atoms with Crippen LogP contribution in [0.15, 0.2) is 60.0 Å². The second kappa shape index (κ2) is 6.79. The molecule has 0 aliphatic rings. The summed E-state index contributed by atoms with van der Waals surface area (Å²) < 4.78 is 28.7. The Morgan fingerprint density at radius 3 is 2.58 bits per heavy atom. The van der Waals surface area contributed by atoms with E-state index in [-0.39, 0.29) is 10.8 Å². The standard InChI is InChI=1S/C16H17N5O2S/c1-2-13-5-7-15(8-6-13)24(22,23)20-16-18-12-21(19-16)11-14-4-3-9-17-10-14/h3-10,12H,2,11H2,1H3,(H,19,20). The number of rotatable bonds is 6. The molecule has 1 aromatic carbocycles. The van der Waals surface area contributed by atoms with Gasteiger partial charge in [-0.05, 0) is 35.7 Å². The summed E-state index contributed by atoms with van der Waals surface area (Å²) in [4.78, 5) is 8.21. The minimum Gasteiger partial charge on any atom is -0.264 e. The van der Waals surface area contributed by atoms with Crippen LogP contribution in [0.4, 0.5) is 5.95 Å². The number of nitrogens with one attached hydrogen (secondary N) is 1. The summed E-state index contributed by atoms with van der Waals surface area (Å²) in [7, 11) is -3.70. The summed E-state index contributed by atoms with van der Waals surface area (Å²) in [6.07, 6.45) is 5.74. The normalized spacial score (nSPS) is 11.4. The number of benzene rings is 1. The molecule has 0 fully saturated rings. The molecule has 0 bridgehead atoms. The topological polar surface area (TPSA) is 89.8 Å². The molecule has 0 atom stereocenters. The molecule has 0 aliphatic heterocycles. The van der Waals surface area contributed by atoms with Crippen molar-refractivity contribution in [2.45, 2.75) is 24.8 Å². The van der Waals surface area contributed by atoms with E-state index in [2.05, 4.69) is 19.8 Å². The Kier molecular flexibility index (Phi) is 4.57. The van der Waals surface area contributed by atoms with Crippen molar-refractivity contribution in [1.29, 1.82) is 0 Å². The first kappa shape index (κ1) is 16.1. The SMILES string of the molecule is CCc1ccc(S(=O)(=O)Nc2ncn(Cc3cccnc3)n2)cc1. The van der Waals surface area contributed by atoms with E-state index in [0.29, 0.717) is 6.54 Å². The molecule has 2 aromatic heterocycles.